The number of hydrogen-bond donors (Lipinski definition) is 1. The van der Waals surface area contributed by atoms with Crippen LogP contribution in [0.3, 0.4) is 0 Å². The predicted molar refractivity (Wildman–Crippen MR) is 46.6 cm³/mol. The van der Waals surface area contributed by atoms with Crippen LogP contribution in [-0.4, -0.2) is 37.6 Å². The van der Waals surface area contributed by atoms with Gasteiger partial charge in [0.1, 0.15) is 0 Å². The van der Waals surface area contributed by atoms with E-state index in [1.54, 1.807) is 0 Å². The number of fused-ring (bicyclic) bond motifs is 1. The second-order valence-electron chi connectivity index (χ2n) is 4.16. The summed E-state index contributed by atoms with van der Waals surface area (Å²) in [4.78, 5) is 2.60. The summed E-state index contributed by atoms with van der Waals surface area (Å²) in [7, 11) is 2.04. The second kappa shape index (κ2) is 2.76. The van der Waals surface area contributed by atoms with E-state index >= 15 is 0 Å². The van der Waals surface area contributed by atoms with Gasteiger partial charge in [0.25, 0.3) is 0 Å². The third-order valence-corrected chi connectivity index (χ3v) is 3.08. The number of nitrogens with zero attached hydrogens (tertiary/aromatic N) is 1. The lowest BCUT2D eigenvalue weighted by Gasteiger charge is -2.21. The number of likely N-dealkylation sites (tertiary alicyclic amines) is 1. The Labute approximate surface area is 69.0 Å². The Morgan fingerprint density at radius 3 is 2.64 bits per heavy atom. The van der Waals surface area contributed by atoms with Crippen molar-refractivity contribution < 1.29 is 0 Å². The molecule has 3 atom stereocenters. The molecule has 2 nitrogen and oxygen atoms in total. The molecule has 2 unspecified atom stereocenters. The summed E-state index contributed by atoms with van der Waals surface area (Å²) in [6.07, 6.45) is 1.52. The van der Waals surface area contributed by atoms with Gasteiger partial charge in [0.05, 0.1) is 0 Å². The average Bonchev–Trinajstić information content (AvgIpc) is 2.60. The SMILES string of the molecule is CN[C@@H](C)CN1CC2CC2C1. The molecule has 0 spiro atoms. The minimum Gasteiger partial charge on any atom is -0.316 e. The van der Waals surface area contributed by atoms with Gasteiger partial charge in [0.15, 0.2) is 0 Å². The molecule has 2 aliphatic rings. The summed E-state index contributed by atoms with van der Waals surface area (Å²) in [5.41, 5.74) is 0. The van der Waals surface area contributed by atoms with Crippen LogP contribution < -0.4 is 5.32 Å². The van der Waals surface area contributed by atoms with Gasteiger partial charge >= 0.3 is 0 Å². The molecule has 2 rings (SSSR count). The third-order valence-electron chi connectivity index (χ3n) is 3.08. The number of hydrogen-bond acceptors (Lipinski definition) is 2. The molecule has 64 valence electrons. The molecule has 0 radical (unpaired) electrons. The van der Waals surface area contributed by atoms with E-state index < -0.39 is 0 Å². The monoisotopic (exact) mass is 154 g/mol. The predicted octanol–water partition coefficient (Wildman–Crippen LogP) is 0.546. The quantitative estimate of drug-likeness (QED) is 0.638. The summed E-state index contributed by atoms with van der Waals surface area (Å²) in [6, 6.07) is 0.660. The summed E-state index contributed by atoms with van der Waals surface area (Å²) in [5.74, 6) is 2.16. The largest absolute Gasteiger partial charge is 0.316 e. The molecule has 1 saturated heterocycles. The molecule has 1 N–H and O–H groups in total. The standard InChI is InChI=1S/C9H18N2/c1-7(10-2)4-11-5-8-3-9(8)6-11/h7-10H,3-6H2,1-2H3/t7-,8?,9?/m0/s1. The van der Waals surface area contributed by atoms with E-state index in [0.717, 1.165) is 11.8 Å². The lowest BCUT2D eigenvalue weighted by Crippen LogP contribution is -2.37. The van der Waals surface area contributed by atoms with Crippen molar-refractivity contribution in [3.8, 4) is 0 Å². The highest BCUT2D eigenvalue weighted by Crippen LogP contribution is 2.44. The van der Waals surface area contributed by atoms with Crippen LogP contribution in [0.5, 0.6) is 0 Å². The lowest BCUT2D eigenvalue weighted by molar-refractivity contribution is 0.278. The summed E-state index contributed by atoms with van der Waals surface area (Å²) in [6.45, 7) is 6.24. The Morgan fingerprint density at radius 2 is 2.09 bits per heavy atom. The van der Waals surface area contributed by atoms with Crippen molar-refractivity contribution in [1.29, 1.82) is 0 Å². The first-order valence-electron chi connectivity index (χ1n) is 4.69. The summed E-state index contributed by atoms with van der Waals surface area (Å²) in [5, 5.41) is 3.28. The van der Waals surface area contributed by atoms with Crippen molar-refractivity contribution in [2.75, 3.05) is 26.7 Å². The fourth-order valence-electron chi connectivity index (χ4n) is 2.12. The number of rotatable bonds is 3. The number of likely N-dealkylation sites (N-methyl/N-ethyl adjacent to an activating group) is 1. The average molecular weight is 154 g/mol. The van der Waals surface area contributed by atoms with Crippen LogP contribution in [0.25, 0.3) is 0 Å². The van der Waals surface area contributed by atoms with Crippen molar-refractivity contribution in [2.24, 2.45) is 11.8 Å². The first kappa shape index (κ1) is 7.56. The molecule has 0 amide bonds. The van der Waals surface area contributed by atoms with Gasteiger partial charge < -0.3 is 10.2 Å². The van der Waals surface area contributed by atoms with E-state index in [0.29, 0.717) is 6.04 Å². The van der Waals surface area contributed by atoms with Gasteiger partial charge in [0, 0.05) is 25.7 Å². The Hall–Kier alpha value is -0.0800. The Morgan fingerprint density at radius 1 is 1.45 bits per heavy atom. The molecular formula is C9H18N2. The molecule has 0 aromatic heterocycles. The molecule has 2 heteroatoms. The van der Waals surface area contributed by atoms with E-state index in [9.17, 15) is 0 Å². The highest BCUT2D eigenvalue weighted by Gasteiger charge is 2.44. The zero-order valence-electron chi connectivity index (χ0n) is 7.51. The molecule has 1 heterocycles. The van der Waals surface area contributed by atoms with Crippen LogP contribution >= 0.6 is 0 Å². The normalized spacial score (nSPS) is 38.7. The fraction of sp³-hybridized carbons (Fsp3) is 1.00. The molecule has 2 fully saturated rings. The molecule has 1 saturated carbocycles. The smallest absolute Gasteiger partial charge is 0.0163 e. The first-order valence-corrected chi connectivity index (χ1v) is 4.69. The van der Waals surface area contributed by atoms with Crippen LogP contribution in [-0.2, 0) is 0 Å². The van der Waals surface area contributed by atoms with Crippen molar-refractivity contribution in [3.63, 3.8) is 0 Å². The van der Waals surface area contributed by atoms with Gasteiger partial charge in [-0.25, -0.2) is 0 Å². The maximum atomic E-state index is 3.28. The maximum Gasteiger partial charge on any atom is 0.0163 e. The van der Waals surface area contributed by atoms with Gasteiger partial charge in [0.2, 0.25) is 0 Å². The zero-order valence-corrected chi connectivity index (χ0v) is 7.51. The molecule has 0 bridgehead atoms. The van der Waals surface area contributed by atoms with E-state index in [4.69, 9.17) is 0 Å². The summed E-state index contributed by atoms with van der Waals surface area (Å²) >= 11 is 0. The van der Waals surface area contributed by atoms with Crippen LogP contribution in [0.1, 0.15) is 13.3 Å². The zero-order chi connectivity index (χ0) is 7.84. The van der Waals surface area contributed by atoms with E-state index in [2.05, 4.69) is 17.1 Å². The molecular weight excluding hydrogens is 136 g/mol. The third kappa shape index (κ3) is 1.57. The van der Waals surface area contributed by atoms with Crippen LogP contribution in [0.4, 0.5) is 0 Å². The molecule has 1 aliphatic heterocycles. The van der Waals surface area contributed by atoms with Gasteiger partial charge in [-0.3, -0.25) is 0 Å². The van der Waals surface area contributed by atoms with E-state index in [1.807, 2.05) is 7.05 Å². The van der Waals surface area contributed by atoms with E-state index in [-0.39, 0.29) is 0 Å². The van der Waals surface area contributed by atoms with Crippen molar-refractivity contribution in [2.45, 2.75) is 19.4 Å². The van der Waals surface area contributed by atoms with Crippen LogP contribution in [0, 0.1) is 11.8 Å². The molecule has 0 aromatic carbocycles. The van der Waals surface area contributed by atoms with Gasteiger partial charge in [-0.05, 0) is 32.2 Å². The van der Waals surface area contributed by atoms with Crippen LogP contribution in [0.15, 0.2) is 0 Å². The van der Waals surface area contributed by atoms with Crippen molar-refractivity contribution in [3.05, 3.63) is 0 Å². The van der Waals surface area contributed by atoms with Crippen LogP contribution in [0.2, 0.25) is 0 Å². The fourth-order valence-corrected chi connectivity index (χ4v) is 2.12. The molecule has 1 aliphatic carbocycles. The van der Waals surface area contributed by atoms with E-state index in [1.165, 1.54) is 26.1 Å². The van der Waals surface area contributed by atoms with Crippen molar-refractivity contribution in [1.82, 2.24) is 10.2 Å². The minimum absolute atomic E-state index is 0.660. The lowest BCUT2D eigenvalue weighted by atomic mass is 10.3. The minimum atomic E-state index is 0.660. The first-order chi connectivity index (χ1) is 5.29. The second-order valence-corrected chi connectivity index (χ2v) is 4.16. The highest BCUT2D eigenvalue weighted by molar-refractivity contribution is 4.97. The summed E-state index contributed by atoms with van der Waals surface area (Å²) < 4.78 is 0. The number of piperidine rings is 1. The topological polar surface area (TPSA) is 15.3 Å². The Kier molecular flexibility index (Phi) is 1.90. The van der Waals surface area contributed by atoms with Gasteiger partial charge in [-0.2, -0.15) is 0 Å². The molecule has 11 heavy (non-hydrogen) atoms. The van der Waals surface area contributed by atoms with Gasteiger partial charge in [-0.15, -0.1) is 0 Å². The van der Waals surface area contributed by atoms with Gasteiger partial charge in [-0.1, -0.05) is 0 Å². The highest BCUT2D eigenvalue weighted by atomic mass is 15.2. The Balaban J connectivity index is 1.71. The number of nitrogens with one attached hydrogen (secondary N) is 1. The Bertz CT molecular complexity index is 136. The maximum absolute atomic E-state index is 3.28. The van der Waals surface area contributed by atoms with Crippen molar-refractivity contribution >= 4 is 0 Å². The molecule has 0 aromatic rings.